The summed E-state index contributed by atoms with van der Waals surface area (Å²) in [5, 5.41) is 34.6. The van der Waals surface area contributed by atoms with E-state index in [1.165, 1.54) is 16.7 Å². The molecule has 4 aromatic carbocycles. The fraction of sp³-hybridized carbons (Fsp3) is 0.500. The van der Waals surface area contributed by atoms with Gasteiger partial charge in [-0.3, -0.25) is 4.90 Å². The lowest BCUT2D eigenvalue weighted by atomic mass is 9.86. The van der Waals surface area contributed by atoms with Gasteiger partial charge in [0.2, 0.25) is 0 Å². The fourth-order valence-corrected chi connectivity index (χ4v) is 8.43. The highest BCUT2D eigenvalue weighted by Crippen LogP contribution is 2.40. The van der Waals surface area contributed by atoms with E-state index >= 15 is 0 Å². The highest BCUT2D eigenvalue weighted by molar-refractivity contribution is 6.74. The molecule has 4 aromatic rings. The Morgan fingerprint density at radius 2 is 1.41 bits per heavy atom. The Labute approximate surface area is 339 Å². The van der Waals surface area contributed by atoms with E-state index in [4.69, 9.17) is 9.16 Å². The van der Waals surface area contributed by atoms with Crippen molar-refractivity contribution in [1.29, 1.82) is 0 Å². The number of aromatic hydroxyl groups is 2. The van der Waals surface area contributed by atoms with Gasteiger partial charge >= 0.3 is 0 Å². The molecule has 0 radical (unpaired) electrons. The van der Waals surface area contributed by atoms with Crippen molar-refractivity contribution >= 4 is 8.32 Å². The third-order valence-corrected chi connectivity index (χ3v) is 16.0. The van der Waals surface area contributed by atoms with Crippen LogP contribution in [-0.2, 0) is 23.9 Å². The van der Waals surface area contributed by atoms with Crippen LogP contribution < -0.4 is 10.1 Å². The number of ether oxygens (including phenoxy) is 1. The summed E-state index contributed by atoms with van der Waals surface area (Å²) in [6.45, 7) is 23.1. The lowest BCUT2D eigenvalue weighted by Crippen LogP contribution is -2.43. The summed E-state index contributed by atoms with van der Waals surface area (Å²) in [5.41, 5.74) is 6.21. The van der Waals surface area contributed by atoms with Crippen molar-refractivity contribution in [1.82, 2.24) is 10.2 Å². The quantitative estimate of drug-likeness (QED) is 0.0466. The molecular formula is C48H70N2O5Si. The maximum absolute atomic E-state index is 11.1. The van der Waals surface area contributed by atoms with Crippen molar-refractivity contribution in [3.05, 3.63) is 124 Å². The molecule has 7 nitrogen and oxygen atoms in total. The Kier molecular flexibility index (Phi) is 17.0. The Bertz CT molecular complexity index is 1750. The molecule has 0 bridgehead atoms. The Morgan fingerprint density at radius 3 is 2.05 bits per heavy atom. The van der Waals surface area contributed by atoms with E-state index < -0.39 is 8.32 Å². The first kappa shape index (κ1) is 45.0. The van der Waals surface area contributed by atoms with Crippen molar-refractivity contribution in [3.8, 4) is 17.2 Å². The standard InChI is InChI=1S/C48H70N2O5Si/c1-35(2)50(36(3)4)29-27-43(39-16-11-10-12-17-39)44-31-38(20-24-46(44)53)15-13-14-30-54-42-22-18-37(19-23-42)26-28-49-33-47(55-56(8,9)48(5,6)7)40-21-25-45(52)41(32-40)34-51/h10-12,16-25,31-32,35-36,43,47,49,51-53H,13-15,26-30,33-34H2,1-9H3/t43-,47+/m1/s1. The largest absolute Gasteiger partial charge is 0.508 e. The van der Waals surface area contributed by atoms with E-state index in [0.717, 1.165) is 62.1 Å². The highest BCUT2D eigenvalue weighted by Gasteiger charge is 2.39. The van der Waals surface area contributed by atoms with Gasteiger partial charge < -0.3 is 29.8 Å². The Hall–Kier alpha value is -3.66. The molecule has 0 saturated carbocycles. The van der Waals surface area contributed by atoms with Crippen LogP contribution in [0.1, 0.15) is 113 Å². The number of aliphatic hydroxyl groups is 1. The summed E-state index contributed by atoms with van der Waals surface area (Å²) in [7, 11) is -2.08. The molecule has 4 rings (SSSR count). The first-order valence-corrected chi connectivity index (χ1v) is 23.7. The average molecular weight is 783 g/mol. The summed E-state index contributed by atoms with van der Waals surface area (Å²) < 4.78 is 13.0. The van der Waals surface area contributed by atoms with E-state index in [1.807, 2.05) is 18.2 Å². The minimum absolute atomic E-state index is 0.0542. The van der Waals surface area contributed by atoms with E-state index in [1.54, 1.807) is 6.07 Å². The lowest BCUT2D eigenvalue weighted by molar-refractivity contribution is 0.170. The van der Waals surface area contributed by atoms with Crippen LogP contribution in [0.5, 0.6) is 17.2 Å². The minimum atomic E-state index is -2.08. The molecule has 0 aliphatic rings. The number of phenols is 2. The number of hydrogen-bond acceptors (Lipinski definition) is 7. The predicted molar refractivity (Wildman–Crippen MR) is 234 cm³/mol. The van der Waals surface area contributed by atoms with Gasteiger partial charge in [0.15, 0.2) is 8.32 Å². The van der Waals surface area contributed by atoms with Gasteiger partial charge in [0, 0.05) is 35.7 Å². The molecule has 0 aliphatic heterocycles. The first-order chi connectivity index (χ1) is 26.6. The van der Waals surface area contributed by atoms with Gasteiger partial charge in [-0.2, -0.15) is 0 Å². The number of aliphatic hydroxyl groups excluding tert-OH is 1. The molecule has 0 saturated heterocycles. The number of rotatable bonds is 22. The van der Waals surface area contributed by atoms with Gasteiger partial charge in [-0.25, -0.2) is 0 Å². The number of phenolic OH excluding ortho intramolecular Hbond substituents is 1. The molecule has 0 unspecified atom stereocenters. The molecular weight excluding hydrogens is 713 g/mol. The monoisotopic (exact) mass is 783 g/mol. The second kappa shape index (κ2) is 21.2. The van der Waals surface area contributed by atoms with E-state index in [9.17, 15) is 15.3 Å². The van der Waals surface area contributed by atoms with E-state index in [2.05, 4.69) is 139 Å². The summed E-state index contributed by atoms with van der Waals surface area (Å²) in [6.07, 6.45) is 4.52. The predicted octanol–water partition coefficient (Wildman–Crippen LogP) is 10.5. The molecule has 0 amide bonds. The molecule has 0 aromatic heterocycles. The fourth-order valence-electron chi connectivity index (χ4n) is 7.15. The number of unbranched alkanes of at least 4 members (excludes halogenated alkanes) is 1. The topological polar surface area (TPSA) is 94.4 Å². The van der Waals surface area contributed by atoms with Crippen molar-refractivity contribution in [2.45, 2.75) is 129 Å². The van der Waals surface area contributed by atoms with Gasteiger partial charge in [-0.1, -0.05) is 81.4 Å². The van der Waals surface area contributed by atoms with Crippen molar-refractivity contribution in [2.24, 2.45) is 0 Å². The molecule has 0 spiro atoms. The zero-order valence-corrected chi connectivity index (χ0v) is 36.6. The van der Waals surface area contributed by atoms with Gasteiger partial charge in [0.1, 0.15) is 17.2 Å². The third-order valence-electron chi connectivity index (χ3n) is 11.5. The number of nitrogens with one attached hydrogen (secondary N) is 1. The van der Waals surface area contributed by atoms with E-state index in [0.29, 0.717) is 36.5 Å². The van der Waals surface area contributed by atoms with Crippen LogP contribution in [0.4, 0.5) is 0 Å². The summed E-state index contributed by atoms with van der Waals surface area (Å²) in [5.74, 6) is 1.48. The third kappa shape index (κ3) is 13.2. The normalized spacial score (nSPS) is 13.4. The number of nitrogens with zero attached hydrogens (tertiary/aromatic N) is 1. The van der Waals surface area contributed by atoms with Crippen LogP contribution in [0, 0.1) is 0 Å². The van der Waals surface area contributed by atoms with Crippen LogP contribution in [-0.4, -0.2) is 66.9 Å². The van der Waals surface area contributed by atoms with Crippen molar-refractivity contribution in [2.75, 3.05) is 26.2 Å². The second-order valence-electron chi connectivity index (χ2n) is 17.4. The van der Waals surface area contributed by atoms with E-state index in [-0.39, 0.29) is 29.4 Å². The molecule has 8 heteroatoms. The van der Waals surface area contributed by atoms with Gasteiger partial charge in [-0.15, -0.1) is 0 Å². The van der Waals surface area contributed by atoms with Gasteiger partial charge in [0.25, 0.3) is 0 Å². The first-order valence-electron chi connectivity index (χ1n) is 20.7. The van der Waals surface area contributed by atoms with Crippen LogP contribution >= 0.6 is 0 Å². The van der Waals surface area contributed by atoms with Crippen LogP contribution in [0.25, 0.3) is 0 Å². The molecule has 0 aliphatic carbocycles. The maximum atomic E-state index is 11.1. The maximum Gasteiger partial charge on any atom is 0.192 e. The number of aryl methyl sites for hydroxylation is 1. The molecule has 56 heavy (non-hydrogen) atoms. The zero-order chi connectivity index (χ0) is 40.9. The van der Waals surface area contributed by atoms with Crippen LogP contribution in [0.2, 0.25) is 18.1 Å². The number of hydrogen-bond donors (Lipinski definition) is 4. The number of benzene rings is 4. The van der Waals surface area contributed by atoms with Gasteiger partial charge in [-0.05, 0) is 144 Å². The summed E-state index contributed by atoms with van der Waals surface area (Å²) >= 11 is 0. The van der Waals surface area contributed by atoms with Crippen LogP contribution in [0.3, 0.4) is 0 Å². The van der Waals surface area contributed by atoms with Gasteiger partial charge in [0.05, 0.1) is 19.3 Å². The summed E-state index contributed by atoms with van der Waals surface area (Å²) in [4.78, 5) is 2.53. The molecule has 2 atom stereocenters. The van der Waals surface area contributed by atoms with Crippen molar-refractivity contribution in [3.63, 3.8) is 0 Å². The Morgan fingerprint density at radius 1 is 0.750 bits per heavy atom. The van der Waals surface area contributed by atoms with Crippen molar-refractivity contribution < 1.29 is 24.5 Å². The average Bonchev–Trinajstić information content (AvgIpc) is 3.15. The SMILES string of the molecule is CC(C)N(CC[C@H](c1ccccc1)c1cc(CCCCOc2ccc(CCNC[C@H](O[Si](C)(C)C(C)(C)C)c3ccc(O)c(CO)c3)cc2)ccc1O)C(C)C. The molecule has 0 heterocycles. The van der Waals surface area contributed by atoms with Crippen LogP contribution in [0.15, 0.2) is 91.0 Å². The highest BCUT2D eigenvalue weighted by atomic mass is 28.4. The molecule has 306 valence electrons. The minimum Gasteiger partial charge on any atom is -0.508 e. The smallest absolute Gasteiger partial charge is 0.192 e. The molecule has 4 N–H and O–H groups in total. The zero-order valence-electron chi connectivity index (χ0n) is 35.6. The Balaban J connectivity index is 1.26. The summed E-state index contributed by atoms with van der Waals surface area (Å²) in [6, 6.07) is 31.5. The molecule has 0 fully saturated rings. The lowest BCUT2D eigenvalue weighted by Gasteiger charge is -2.39. The second-order valence-corrected chi connectivity index (χ2v) is 22.1.